The summed E-state index contributed by atoms with van der Waals surface area (Å²) in [6.07, 6.45) is 2.39. The molecule has 0 bridgehead atoms. The smallest absolute Gasteiger partial charge is 0.0131 e. The van der Waals surface area contributed by atoms with Crippen LogP contribution in [0.1, 0.15) is 0 Å². The van der Waals surface area contributed by atoms with Crippen LogP contribution in [-0.2, 0) is 0 Å². The highest BCUT2D eigenvalue weighted by Crippen LogP contribution is 2.65. The lowest BCUT2D eigenvalue weighted by Gasteiger charge is -2.37. The molecule has 0 atom stereocenters. The molecule has 0 amide bonds. The van der Waals surface area contributed by atoms with E-state index >= 15 is 0 Å². The first-order valence-electron chi connectivity index (χ1n) is 6.85. The molecule has 3 rings (SSSR count). The minimum atomic E-state index is -1.20. The van der Waals surface area contributed by atoms with E-state index in [2.05, 4.69) is 114 Å². The predicted molar refractivity (Wildman–Crippen MR) is 100 cm³/mol. The molecule has 0 radical (unpaired) electrons. The van der Waals surface area contributed by atoms with Gasteiger partial charge in [0.15, 0.2) is 0 Å². The van der Waals surface area contributed by atoms with Gasteiger partial charge >= 0.3 is 0 Å². The van der Waals surface area contributed by atoms with E-state index in [9.17, 15) is 0 Å². The lowest BCUT2D eigenvalue weighted by Crippen LogP contribution is -2.01. The zero-order valence-corrected chi connectivity index (χ0v) is 14.8. The van der Waals surface area contributed by atoms with Gasteiger partial charge in [0.05, 0.1) is 0 Å². The summed E-state index contributed by atoms with van der Waals surface area (Å²) >= 11 is 2.36. The second-order valence-electron chi connectivity index (χ2n) is 5.00. The average Bonchev–Trinajstić information content (AvgIpc) is 2.56. The van der Waals surface area contributed by atoms with E-state index in [1.54, 1.807) is 0 Å². The monoisotopic (exact) mass is 404 g/mol. The van der Waals surface area contributed by atoms with E-state index in [-0.39, 0.29) is 0 Å². The summed E-state index contributed by atoms with van der Waals surface area (Å²) in [5.74, 6) is 0. The van der Waals surface area contributed by atoms with Crippen LogP contribution in [-0.4, -0.2) is 6.26 Å². The Morgan fingerprint density at radius 3 is 1.38 bits per heavy atom. The minimum Gasteiger partial charge on any atom is -0.163 e. The van der Waals surface area contributed by atoms with Crippen LogP contribution in [0.15, 0.2) is 99.6 Å². The molecule has 3 aromatic rings. The summed E-state index contributed by atoms with van der Waals surface area (Å²) in [5.41, 5.74) is 0. The molecule has 0 spiro atoms. The summed E-state index contributed by atoms with van der Waals surface area (Å²) in [6, 6.07) is 30.7. The Morgan fingerprint density at radius 2 is 0.952 bits per heavy atom. The Kier molecular flexibility index (Phi) is 4.36. The molecular weight excluding hydrogens is 387 g/mol. The van der Waals surface area contributed by atoms with E-state index in [1.807, 2.05) is 0 Å². The number of hydrogen-bond donors (Lipinski definition) is 0. The Balaban J connectivity index is 2.23. The molecule has 0 aliphatic rings. The quantitative estimate of drug-likeness (QED) is 0.456. The Morgan fingerprint density at radius 1 is 0.571 bits per heavy atom. The second kappa shape index (κ2) is 6.24. The number of benzene rings is 3. The topological polar surface area (TPSA) is 0 Å². The largest absolute Gasteiger partial charge is 0.163 e. The second-order valence-corrected chi connectivity index (χ2v) is 9.50. The molecule has 0 aliphatic heterocycles. The molecule has 0 nitrogen and oxygen atoms in total. The number of rotatable bonds is 3. The van der Waals surface area contributed by atoms with Crippen molar-refractivity contribution in [1.29, 1.82) is 0 Å². The van der Waals surface area contributed by atoms with Gasteiger partial charge < -0.3 is 0 Å². The predicted octanol–water partition coefficient (Wildman–Crippen LogP) is 6.20. The summed E-state index contributed by atoms with van der Waals surface area (Å²) in [5, 5.41) is 0. The molecule has 0 aliphatic carbocycles. The SMILES string of the molecule is CS(c1ccccc1)(c1ccccc1)c1ccc(I)cc1. The molecule has 21 heavy (non-hydrogen) atoms. The maximum absolute atomic E-state index is 2.39. The molecule has 0 heterocycles. The Hall–Kier alpha value is -1.26. The first kappa shape index (κ1) is 14.7. The number of hydrogen-bond acceptors (Lipinski definition) is 0. The summed E-state index contributed by atoms with van der Waals surface area (Å²) in [4.78, 5) is 4.20. The minimum absolute atomic E-state index is 1.20. The third kappa shape index (κ3) is 2.87. The fourth-order valence-corrected chi connectivity index (χ4v) is 5.76. The zero-order chi connectivity index (χ0) is 14.7. The lowest BCUT2D eigenvalue weighted by atomic mass is 10.4. The van der Waals surface area contributed by atoms with Crippen LogP contribution < -0.4 is 0 Å². The Bertz CT molecular complexity index is 666. The molecule has 2 heteroatoms. The fraction of sp³-hybridized carbons (Fsp3) is 0.0526. The van der Waals surface area contributed by atoms with Crippen LogP contribution in [0.2, 0.25) is 0 Å². The molecule has 0 saturated carbocycles. The highest BCUT2D eigenvalue weighted by atomic mass is 127. The van der Waals surface area contributed by atoms with Crippen LogP contribution in [0.25, 0.3) is 0 Å². The van der Waals surface area contributed by atoms with Gasteiger partial charge in [0.25, 0.3) is 0 Å². The van der Waals surface area contributed by atoms with Gasteiger partial charge in [0.1, 0.15) is 0 Å². The third-order valence-corrected chi connectivity index (χ3v) is 8.08. The lowest BCUT2D eigenvalue weighted by molar-refractivity contribution is 1.29. The van der Waals surface area contributed by atoms with Crippen molar-refractivity contribution < 1.29 is 0 Å². The standard InChI is InChI=1S/C19H17IS/c1-21(17-8-4-2-5-9-17,18-10-6-3-7-11-18)19-14-12-16(20)13-15-19/h2-15H,1H3. The third-order valence-electron chi connectivity index (χ3n) is 3.71. The van der Waals surface area contributed by atoms with Gasteiger partial charge in [0, 0.05) is 3.57 Å². The van der Waals surface area contributed by atoms with Crippen molar-refractivity contribution in [3.8, 4) is 0 Å². The zero-order valence-electron chi connectivity index (χ0n) is 11.9. The summed E-state index contributed by atoms with van der Waals surface area (Å²) in [6.45, 7) is 0. The van der Waals surface area contributed by atoms with Crippen LogP contribution in [0.4, 0.5) is 0 Å². The fourth-order valence-electron chi connectivity index (χ4n) is 2.50. The summed E-state index contributed by atoms with van der Waals surface area (Å²) < 4.78 is 1.28. The van der Waals surface area contributed by atoms with Crippen LogP contribution in [0.3, 0.4) is 0 Å². The first-order chi connectivity index (χ1) is 10.2. The molecule has 0 aromatic heterocycles. The highest BCUT2D eigenvalue weighted by Gasteiger charge is 2.25. The van der Waals surface area contributed by atoms with Gasteiger partial charge in [-0.05, 0) is 92.1 Å². The van der Waals surface area contributed by atoms with Crippen LogP contribution >= 0.6 is 32.6 Å². The average molecular weight is 404 g/mol. The molecule has 3 aromatic carbocycles. The van der Waals surface area contributed by atoms with Crippen molar-refractivity contribution >= 4 is 32.6 Å². The van der Waals surface area contributed by atoms with Crippen molar-refractivity contribution in [2.24, 2.45) is 0 Å². The van der Waals surface area contributed by atoms with E-state index in [0.29, 0.717) is 0 Å². The molecule has 0 saturated heterocycles. The van der Waals surface area contributed by atoms with Crippen molar-refractivity contribution in [1.82, 2.24) is 0 Å². The van der Waals surface area contributed by atoms with Crippen molar-refractivity contribution in [2.75, 3.05) is 6.26 Å². The maximum atomic E-state index is 2.39. The first-order valence-corrected chi connectivity index (χ1v) is 9.97. The highest BCUT2D eigenvalue weighted by molar-refractivity contribution is 14.1. The van der Waals surface area contributed by atoms with Gasteiger partial charge in [-0.25, -0.2) is 0 Å². The van der Waals surface area contributed by atoms with Gasteiger partial charge in [0.2, 0.25) is 0 Å². The molecule has 0 unspecified atom stereocenters. The van der Waals surface area contributed by atoms with E-state index in [0.717, 1.165) is 0 Å². The van der Waals surface area contributed by atoms with E-state index in [1.165, 1.54) is 18.3 Å². The van der Waals surface area contributed by atoms with Crippen molar-refractivity contribution in [2.45, 2.75) is 14.7 Å². The van der Waals surface area contributed by atoms with E-state index < -0.39 is 10.0 Å². The van der Waals surface area contributed by atoms with Crippen molar-refractivity contribution in [3.05, 3.63) is 88.5 Å². The van der Waals surface area contributed by atoms with Crippen molar-refractivity contribution in [3.63, 3.8) is 0 Å². The normalized spacial score (nSPS) is 12.1. The maximum Gasteiger partial charge on any atom is 0.0131 e. The Labute approximate surface area is 141 Å². The van der Waals surface area contributed by atoms with Gasteiger partial charge in [-0.1, -0.05) is 36.4 Å². The molecule has 0 N–H and O–H groups in total. The molecular formula is C19H17IS. The number of halogens is 1. The van der Waals surface area contributed by atoms with Gasteiger partial charge in [-0.3, -0.25) is 0 Å². The van der Waals surface area contributed by atoms with Gasteiger partial charge in [-0.2, -0.15) is 10.0 Å². The molecule has 106 valence electrons. The van der Waals surface area contributed by atoms with Crippen LogP contribution in [0.5, 0.6) is 0 Å². The molecule has 0 fully saturated rings. The van der Waals surface area contributed by atoms with Gasteiger partial charge in [-0.15, -0.1) is 0 Å². The van der Waals surface area contributed by atoms with Crippen LogP contribution in [0, 0.1) is 3.57 Å². The summed E-state index contributed by atoms with van der Waals surface area (Å²) in [7, 11) is -1.20. The van der Waals surface area contributed by atoms with E-state index in [4.69, 9.17) is 0 Å².